The van der Waals surface area contributed by atoms with Crippen molar-refractivity contribution < 1.29 is 4.74 Å². The predicted octanol–water partition coefficient (Wildman–Crippen LogP) is 4.02. The Balaban J connectivity index is 2.51. The van der Waals surface area contributed by atoms with Gasteiger partial charge in [-0.1, -0.05) is 39.8 Å². The van der Waals surface area contributed by atoms with Gasteiger partial charge in [0.2, 0.25) is 0 Å². The Kier molecular flexibility index (Phi) is 6.36. The van der Waals surface area contributed by atoms with E-state index in [-0.39, 0.29) is 0 Å². The standard InChI is InChI=1S/C17H29NO/c1-12(2)16(13(3)4)11-18-10-15-7-8-17(19-6)14(5)9-15/h7-9,12-13,16,18H,10-11H2,1-6H3. The summed E-state index contributed by atoms with van der Waals surface area (Å²) in [7, 11) is 1.72. The monoisotopic (exact) mass is 263 g/mol. The van der Waals surface area contributed by atoms with E-state index in [1.165, 1.54) is 11.1 Å². The van der Waals surface area contributed by atoms with Gasteiger partial charge in [0.1, 0.15) is 5.75 Å². The summed E-state index contributed by atoms with van der Waals surface area (Å²) in [5, 5.41) is 3.59. The second kappa shape index (κ2) is 7.54. The number of ether oxygens (including phenoxy) is 1. The summed E-state index contributed by atoms with van der Waals surface area (Å²) in [5.74, 6) is 3.15. The molecule has 1 rings (SSSR count). The lowest BCUT2D eigenvalue weighted by molar-refractivity contribution is 0.275. The van der Waals surface area contributed by atoms with Crippen molar-refractivity contribution in [2.45, 2.75) is 41.2 Å². The van der Waals surface area contributed by atoms with Crippen LogP contribution in [0.5, 0.6) is 5.75 Å². The van der Waals surface area contributed by atoms with E-state index in [0.29, 0.717) is 0 Å². The Bertz CT molecular complexity index is 377. The molecule has 0 radical (unpaired) electrons. The molecule has 0 aliphatic carbocycles. The summed E-state index contributed by atoms with van der Waals surface area (Å²) in [5.41, 5.74) is 2.52. The summed E-state index contributed by atoms with van der Waals surface area (Å²) >= 11 is 0. The van der Waals surface area contributed by atoms with Crippen LogP contribution in [0.25, 0.3) is 0 Å². The molecule has 0 unspecified atom stereocenters. The van der Waals surface area contributed by atoms with Crippen LogP contribution in [0.2, 0.25) is 0 Å². The molecule has 2 heteroatoms. The smallest absolute Gasteiger partial charge is 0.121 e. The van der Waals surface area contributed by atoms with Crippen LogP contribution in [0.4, 0.5) is 0 Å². The van der Waals surface area contributed by atoms with Gasteiger partial charge in [-0.15, -0.1) is 0 Å². The Hall–Kier alpha value is -1.02. The van der Waals surface area contributed by atoms with E-state index in [4.69, 9.17) is 4.74 Å². The lowest BCUT2D eigenvalue weighted by Gasteiger charge is -2.25. The highest BCUT2D eigenvalue weighted by Gasteiger charge is 2.16. The van der Waals surface area contributed by atoms with Crippen molar-refractivity contribution in [1.82, 2.24) is 5.32 Å². The molecule has 0 saturated heterocycles. The first-order valence-corrected chi connectivity index (χ1v) is 7.30. The van der Waals surface area contributed by atoms with Crippen LogP contribution in [0.3, 0.4) is 0 Å². The van der Waals surface area contributed by atoms with E-state index in [1.807, 2.05) is 0 Å². The topological polar surface area (TPSA) is 21.3 Å². The molecule has 0 aliphatic rings. The molecule has 19 heavy (non-hydrogen) atoms. The third-order valence-corrected chi connectivity index (χ3v) is 3.88. The molecule has 1 aromatic carbocycles. The van der Waals surface area contributed by atoms with E-state index >= 15 is 0 Å². The summed E-state index contributed by atoms with van der Waals surface area (Å²) in [6.45, 7) is 13.3. The van der Waals surface area contributed by atoms with Crippen LogP contribution in [0.1, 0.15) is 38.8 Å². The number of benzene rings is 1. The summed E-state index contributed by atoms with van der Waals surface area (Å²) in [6, 6.07) is 6.39. The third kappa shape index (κ3) is 4.87. The van der Waals surface area contributed by atoms with E-state index in [9.17, 15) is 0 Å². The fourth-order valence-electron chi connectivity index (χ4n) is 2.67. The summed E-state index contributed by atoms with van der Waals surface area (Å²) in [4.78, 5) is 0. The Morgan fingerprint density at radius 3 is 2.21 bits per heavy atom. The largest absolute Gasteiger partial charge is 0.496 e. The van der Waals surface area contributed by atoms with Gasteiger partial charge >= 0.3 is 0 Å². The van der Waals surface area contributed by atoms with Gasteiger partial charge in [0.05, 0.1) is 7.11 Å². The molecule has 0 spiro atoms. The second-order valence-corrected chi connectivity index (χ2v) is 6.09. The molecule has 0 atom stereocenters. The average Bonchev–Trinajstić information content (AvgIpc) is 2.33. The predicted molar refractivity (Wildman–Crippen MR) is 82.6 cm³/mol. The lowest BCUT2D eigenvalue weighted by Crippen LogP contribution is -2.29. The van der Waals surface area contributed by atoms with E-state index in [1.54, 1.807) is 7.11 Å². The number of rotatable bonds is 7. The van der Waals surface area contributed by atoms with Gasteiger partial charge < -0.3 is 10.1 Å². The zero-order chi connectivity index (χ0) is 14.4. The molecular weight excluding hydrogens is 234 g/mol. The molecule has 0 bridgehead atoms. The maximum absolute atomic E-state index is 5.29. The quantitative estimate of drug-likeness (QED) is 0.802. The first-order chi connectivity index (χ1) is 8.95. The minimum Gasteiger partial charge on any atom is -0.496 e. The maximum atomic E-state index is 5.29. The Morgan fingerprint density at radius 2 is 1.74 bits per heavy atom. The van der Waals surface area contributed by atoms with Crippen LogP contribution in [-0.2, 0) is 6.54 Å². The fourth-order valence-corrected chi connectivity index (χ4v) is 2.67. The van der Waals surface area contributed by atoms with Crippen molar-refractivity contribution in [3.63, 3.8) is 0 Å². The molecule has 0 amide bonds. The highest BCUT2D eigenvalue weighted by molar-refractivity contribution is 5.36. The molecule has 0 heterocycles. The van der Waals surface area contributed by atoms with Crippen molar-refractivity contribution >= 4 is 0 Å². The average molecular weight is 263 g/mol. The molecule has 108 valence electrons. The summed E-state index contributed by atoms with van der Waals surface area (Å²) in [6.07, 6.45) is 0. The van der Waals surface area contributed by atoms with E-state index < -0.39 is 0 Å². The van der Waals surface area contributed by atoms with Gasteiger partial charge in [-0.25, -0.2) is 0 Å². The fraction of sp³-hybridized carbons (Fsp3) is 0.647. The number of hydrogen-bond acceptors (Lipinski definition) is 2. The first kappa shape index (κ1) is 16.0. The van der Waals surface area contributed by atoms with Crippen LogP contribution in [0, 0.1) is 24.7 Å². The Morgan fingerprint density at radius 1 is 1.11 bits per heavy atom. The van der Waals surface area contributed by atoms with Gasteiger partial charge in [-0.05, 0) is 48.4 Å². The van der Waals surface area contributed by atoms with E-state index in [2.05, 4.69) is 58.1 Å². The minimum absolute atomic E-state index is 0.727. The van der Waals surface area contributed by atoms with Crippen molar-refractivity contribution in [3.8, 4) is 5.75 Å². The highest BCUT2D eigenvalue weighted by atomic mass is 16.5. The zero-order valence-corrected chi connectivity index (χ0v) is 13.3. The van der Waals surface area contributed by atoms with Crippen molar-refractivity contribution in [1.29, 1.82) is 0 Å². The summed E-state index contributed by atoms with van der Waals surface area (Å²) < 4.78 is 5.29. The van der Waals surface area contributed by atoms with Gasteiger partial charge in [0.25, 0.3) is 0 Å². The molecular formula is C17H29NO. The molecule has 2 nitrogen and oxygen atoms in total. The van der Waals surface area contributed by atoms with Crippen LogP contribution in [0.15, 0.2) is 18.2 Å². The van der Waals surface area contributed by atoms with Crippen LogP contribution < -0.4 is 10.1 Å². The first-order valence-electron chi connectivity index (χ1n) is 7.30. The zero-order valence-electron chi connectivity index (χ0n) is 13.3. The van der Waals surface area contributed by atoms with E-state index in [0.717, 1.165) is 36.6 Å². The number of hydrogen-bond donors (Lipinski definition) is 1. The molecule has 1 aromatic rings. The number of aryl methyl sites for hydroxylation is 1. The molecule has 0 aromatic heterocycles. The van der Waals surface area contributed by atoms with Crippen molar-refractivity contribution in [2.24, 2.45) is 17.8 Å². The SMILES string of the molecule is COc1ccc(CNCC(C(C)C)C(C)C)cc1C. The number of methoxy groups -OCH3 is 1. The van der Waals surface area contributed by atoms with Gasteiger partial charge in [-0.3, -0.25) is 0 Å². The van der Waals surface area contributed by atoms with Crippen LogP contribution >= 0.6 is 0 Å². The van der Waals surface area contributed by atoms with Gasteiger partial charge in [0.15, 0.2) is 0 Å². The van der Waals surface area contributed by atoms with Crippen molar-refractivity contribution in [3.05, 3.63) is 29.3 Å². The molecule has 0 saturated carbocycles. The Labute approximate surface area is 118 Å². The van der Waals surface area contributed by atoms with Crippen molar-refractivity contribution in [2.75, 3.05) is 13.7 Å². The molecule has 0 aliphatic heterocycles. The molecule has 0 fully saturated rings. The second-order valence-electron chi connectivity index (χ2n) is 6.09. The normalized spacial score (nSPS) is 11.6. The highest BCUT2D eigenvalue weighted by Crippen LogP contribution is 2.20. The van der Waals surface area contributed by atoms with Gasteiger partial charge in [0, 0.05) is 6.54 Å². The van der Waals surface area contributed by atoms with Gasteiger partial charge in [-0.2, -0.15) is 0 Å². The lowest BCUT2D eigenvalue weighted by atomic mass is 9.85. The minimum atomic E-state index is 0.727. The van der Waals surface area contributed by atoms with Crippen LogP contribution in [-0.4, -0.2) is 13.7 Å². The number of nitrogens with one attached hydrogen (secondary N) is 1. The molecule has 1 N–H and O–H groups in total. The maximum Gasteiger partial charge on any atom is 0.121 e. The third-order valence-electron chi connectivity index (χ3n) is 3.88.